The number of carbonyl (C=O) groups is 4. The van der Waals surface area contributed by atoms with Crippen molar-refractivity contribution in [2.45, 2.75) is 58.6 Å². The molecular formula is C26H31N3O5. The third-order valence-corrected chi connectivity index (χ3v) is 5.24. The topological polar surface area (TPSA) is 105 Å². The molecule has 8 heteroatoms. The number of ether oxygens (including phenoxy) is 1. The molecule has 0 saturated heterocycles. The van der Waals surface area contributed by atoms with Gasteiger partial charge in [0.15, 0.2) is 0 Å². The fourth-order valence-corrected chi connectivity index (χ4v) is 3.59. The maximum Gasteiger partial charge on any atom is 0.407 e. The van der Waals surface area contributed by atoms with Crippen molar-refractivity contribution in [1.82, 2.24) is 10.2 Å². The number of carbonyl (C=O) groups excluding carboxylic acids is 4. The molecule has 8 nitrogen and oxygen atoms in total. The molecule has 0 saturated carbocycles. The van der Waals surface area contributed by atoms with E-state index in [1.165, 1.54) is 4.90 Å². The molecule has 0 bridgehead atoms. The van der Waals surface area contributed by atoms with Gasteiger partial charge in [-0.15, -0.1) is 0 Å². The number of alkyl carbamates (subject to hydrolysis) is 1. The first-order valence-corrected chi connectivity index (χ1v) is 11.4. The standard InChI is InChI=1S/C26H31N3O5/c1-26(2,3)34-25(33)27-17-18-12-14-19(15-13-18)28-22(30)11-5-4-8-16-29-23(31)20-9-6-7-10-21(20)24(29)32/h6-7,9-10,12-15H,4-5,8,11,16-17H2,1-3H3,(H,27,33)(H,28,30). The molecule has 0 fully saturated rings. The summed E-state index contributed by atoms with van der Waals surface area (Å²) in [5, 5.41) is 5.55. The van der Waals surface area contributed by atoms with Crippen LogP contribution in [-0.2, 0) is 16.1 Å². The third kappa shape index (κ3) is 6.91. The average Bonchev–Trinajstić information content (AvgIpc) is 3.02. The van der Waals surface area contributed by atoms with E-state index >= 15 is 0 Å². The summed E-state index contributed by atoms with van der Waals surface area (Å²) in [6.07, 6.45) is 1.92. The lowest BCUT2D eigenvalue weighted by atomic mass is 10.1. The van der Waals surface area contributed by atoms with Crippen molar-refractivity contribution in [3.8, 4) is 0 Å². The number of hydrogen-bond donors (Lipinski definition) is 2. The van der Waals surface area contributed by atoms with Crippen molar-refractivity contribution in [2.24, 2.45) is 0 Å². The van der Waals surface area contributed by atoms with E-state index in [1.54, 1.807) is 57.2 Å². The molecule has 0 atom stereocenters. The highest BCUT2D eigenvalue weighted by Gasteiger charge is 2.34. The zero-order valence-corrected chi connectivity index (χ0v) is 19.8. The van der Waals surface area contributed by atoms with Gasteiger partial charge in [0.05, 0.1) is 11.1 Å². The Hall–Kier alpha value is -3.68. The normalized spacial score (nSPS) is 13.0. The molecule has 0 aromatic heterocycles. The van der Waals surface area contributed by atoms with E-state index in [2.05, 4.69) is 10.6 Å². The Morgan fingerprint density at radius 3 is 2.09 bits per heavy atom. The summed E-state index contributed by atoms with van der Waals surface area (Å²) in [7, 11) is 0. The highest BCUT2D eigenvalue weighted by Crippen LogP contribution is 2.23. The summed E-state index contributed by atoms with van der Waals surface area (Å²) in [5.41, 5.74) is 1.93. The molecule has 0 aliphatic carbocycles. The molecule has 180 valence electrons. The van der Waals surface area contributed by atoms with Crippen molar-refractivity contribution in [3.63, 3.8) is 0 Å². The molecule has 34 heavy (non-hydrogen) atoms. The maximum absolute atomic E-state index is 12.3. The van der Waals surface area contributed by atoms with Crippen LogP contribution in [0.15, 0.2) is 48.5 Å². The minimum atomic E-state index is -0.548. The minimum absolute atomic E-state index is 0.0969. The SMILES string of the molecule is CC(C)(C)OC(=O)NCc1ccc(NC(=O)CCCCCN2C(=O)c3ccccc3C2=O)cc1. The molecule has 2 aromatic rings. The lowest BCUT2D eigenvalue weighted by molar-refractivity contribution is -0.116. The van der Waals surface area contributed by atoms with Gasteiger partial charge in [-0.25, -0.2) is 4.79 Å². The predicted octanol–water partition coefficient (Wildman–Crippen LogP) is 4.51. The Morgan fingerprint density at radius 1 is 0.882 bits per heavy atom. The molecule has 1 aliphatic rings. The van der Waals surface area contributed by atoms with Crippen LogP contribution in [0.25, 0.3) is 0 Å². The van der Waals surface area contributed by atoms with E-state index in [0.717, 1.165) is 12.0 Å². The zero-order chi connectivity index (χ0) is 24.7. The smallest absolute Gasteiger partial charge is 0.407 e. The van der Waals surface area contributed by atoms with Gasteiger partial charge in [0.25, 0.3) is 11.8 Å². The number of nitrogens with zero attached hydrogens (tertiary/aromatic N) is 1. The fourth-order valence-electron chi connectivity index (χ4n) is 3.59. The quantitative estimate of drug-likeness (QED) is 0.419. The van der Waals surface area contributed by atoms with Crippen molar-refractivity contribution in [2.75, 3.05) is 11.9 Å². The molecule has 1 heterocycles. The number of unbranched alkanes of at least 4 members (excludes halogenated alkanes) is 2. The van der Waals surface area contributed by atoms with E-state index in [1.807, 2.05) is 12.1 Å². The van der Waals surface area contributed by atoms with E-state index in [0.29, 0.717) is 49.2 Å². The molecule has 0 spiro atoms. The van der Waals surface area contributed by atoms with Crippen molar-refractivity contribution < 1.29 is 23.9 Å². The van der Waals surface area contributed by atoms with Gasteiger partial charge < -0.3 is 15.4 Å². The van der Waals surface area contributed by atoms with Crippen molar-refractivity contribution in [3.05, 3.63) is 65.2 Å². The largest absolute Gasteiger partial charge is 0.444 e. The average molecular weight is 466 g/mol. The molecular weight excluding hydrogens is 434 g/mol. The van der Waals surface area contributed by atoms with Gasteiger partial charge in [0.2, 0.25) is 5.91 Å². The number of fused-ring (bicyclic) bond motifs is 1. The second-order valence-corrected chi connectivity index (χ2v) is 9.22. The summed E-state index contributed by atoms with van der Waals surface area (Å²) in [6, 6.07) is 14.1. The number of imide groups is 1. The molecule has 0 radical (unpaired) electrons. The van der Waals surface area contributed by atoms with Gasteiger partial charge in [0.1, 0.15) is 5.60 Å². The van der Waals surface area contributed by atoms with Crippen molar-refractivity contribution >= 4 is 29.5 Å². The van der Waals surface area contributed by atoms with Gasteiger partial charge in [-0.1, -0.05) is 30.7 Å². The van der Waals surface area contributed by atoms with E-state index in [-0.39, 0.29) is 17.7 Å². The van der Waals surface area contributed by atoms with Crippen LogP contribution in [0.5, 0.6) is 0 Å². The predicted molar refractivity (Wildman–Crippen MR) is 128 cm³/mol. The van der Waals surface area contributed by atoms with Crippen LogP contribution in [0, 0.1) is 0 Å². The van der Waals surface area contributed by atoms with Crippen LogP contribution in [0.3, 0.4) is 0 Å². The van der Waals surface area contributed by atoms with Crippen LogP contribution in [0.1, 0.15) is 72.7 Å². The second kappa shape index (κ2) is 11.0. The number of nitrogens with one attached hydrogen (secondary N) is 2. The zero-order valence-electron chi connectivity index (χ0n) is 19.8. The number of amides is 4. The Labute approximate surface area is 199 Å². The van der Waals surface area contributed by atoms with Crippen LogP contribution in [0.4, 0.5) is 10.5 Å². The van der Waals surface area contributed by atoms with Crippen LogP contribution in [0.2, 0.25) is 0 Å². The van der Waals surface area contributed by atoms with Gasteiger partial charge in [0, 0.05) is 25.2 Å². The van der Waals surface area contributed by atoms with Crippen molar-refractivity contribution in [1.29, 1.82) is 0 Å². The van der Waals surface area contributed by atoms with Gasteiger partial charge >= 0.3 is 6.09 Å². The summed E-state index contributed by atoms with van der Waals surface area (Å²) < 4.78 is 5.20. The van der Waals surface area contributed by atoms with E-state index < -0.39 is 11.7 Å². The van der Waals surface area contributed by atoms with E-state index in [9.17, 15) is 19.2 Å². The summed E-state index contributed by atoms with van der Waals surface area (Å²) >= 11 is 0. The molecule has 0 unspecified atom stereocenters. The van der Waals surface area contributed by atoms with Crippen LogP contribution < -0.4 is 10.6 Å². The lowest BCUT2D eigenvalue weighted by Gasteiger charge is -2.19. The lowest BCUT2D eigenvalue weighted by Crippen LogP contribution is -2.32. The number of anilines is 1. The second-order valence-electron chi connectivity index (χ2n) is 9.22. The van der Waals surface area contributed by atoms with Gasteiger partial charge in [-0.2, -0.15) is 0 Å². The highest BCUT2D eigenvalue weighted by atomic mass is 16.6. The molecule has 2 N–H and O–H groups in total. The fraction of sp³-hybridized carbons (Fsp3) is 0.385. The Balaban J connectivity index is 1.33. The van der Waals surface area contributed by atoms with Crippen LogP contribution >= 0.6 is 0 Å². The Morgan fingerprint density at radius 2 is 1.50 bits per heavy atom. The minimum Gasteiger partial charge on any atom is -0.444 e. The van der Waals surface area contributed by atoms with Gasteiger partial charge in [-0.05, 0) is 63.4 Å². The molecule has 4 amide bonds. The van der Waals surface area contributed by atoms with Gasteiger partial charge in [-0.3, -0.25) is 19.3 Å². The summed E-state index contributed by atoms with van der Waals surface area (Å²) in [4.78, 5) is 49.9. The number of benzene rings is 2. The first-order chi connectivity index (χ1) is 16.1. The summed E-state index contributed by atoms with van der Waals surface area (Å²) in [5.74, 6) is -0.591. The monoisotopic (exact) mass is 465 g/mol. The highest BCUT2D eigenvalue weighted by molar-refractivity contribution is 6.21. The van der Waals surface area contributed by atoms with Crippen LogP contribution in [-0.4, -0.2) is 40.9 Å². The Kier molecular flexibility index (Phi) is 8.04. The Bertz CT molecular complexity index is 1020. The first kappa shape index (κ1) is 25.0. The maximum atomic E-state index is 12.3. The molecule has 3 rings (SSSR count). The summed E-state index contributed by atoms with van der Waals surface area (Å²) in [6.45, 7) is 6.10. The third-order valence-electron chi connectivity index (χ3n) is 5.24. The number of hydrogen-bond acceptors (Lipinski definition) is 5. The molecule has 1 aliphatic heterocycles. The van der Waals surface area contributed by atoms with E-state index in [4.69, 9.17) is 4.74 Å². The first-order valence-electron chi connectivity index (χ1n) is 11.4. The molecule has 2 aromatic carbocycles. The number of rotatable bonds is 9.